The Morgan fingerprint density at radius 3 is 2.18 bits per heavy atom. The third-order valence-corrected chi connectivity index (χ3v) is 1.69. The highest BCUT2D eigenvalue weighted by Crippen LogP contribution is 2.16. The number of rotatable bonds is 5. The molecule has 0 aliphatic rings. The van der Waals surface area contributed by atoms with Crippen molar-refractivity contribution in [1.29, 1.82) is 0 Å². The lowest BCUT2D eigenvalue weighted by atomic mass is 10.1. The van der Waals surface area contributed by atoms with Crippen LogP contribution in [0.5, 0.6) is 0 Å². The average Bonchev–Trinajstić information content (AvgIpc) is 2.00. The molecular formula is C7H15NO3. The van der Waals surface area contributed by atoms with Gasteiger partial charge < -0.3 is 15.2 Å². The molecule has 0 saturated carbocycles. The van der Waals surface area contributed by atoms with E-state index in [4.69, 9.17) is 15.2 Å². The molecule has 4 heteroatoms. The minimum absolute atomic E-state index is 0.276. The summed E-state index contributed by atoms with van der Waals surface area (Å²) in [6, 6.07) is 0. The Morgan fingerprint density at radius 1 is 1.45 bits per heavy atom. The molecule has 0 unspecified atom stereocenters. The minimum Gasteiger partial charge on any atom is -0.370 e. The van der Waals surface area contributed by atoms with E-state index in [0.717, 1.165) is 0 Å². The molecule has 0 bridgehead atoms. The molecule has 2 N–H and O–H groups in total. The fourth-order valence-corrected chi connectivity index (χ4v) is 0.638. The van der Waals surface area contributed by atoms with Crippen molar-refractivity contribution >= 4 is 5.91 Å². The van der Waals surface area contributed by atoms with E-state index in [-0.39, 0.29) is 12.3 Å². The molecule has 4 nitrogen and oxygen atoms in total. The van der Waals surface area contributed by atoms with E-state index in [0.29, 0.717) is 6.42 Å². The topological polar surface area (TPSA) is 61.5 Å². The summed E-state index contributed by atoms with van der Waals surface area (Å²) in [5.41, 5.74) is 4.96. The number of nitrogens with two attached hydrogens (primary N) is 1. The highest BCUT2D eigenvalue weighted by atomic mass is 16.7. The van der Waals surface area contributed by atoms with Crippen LogP contribution in [0.2, 0.25) is 0 Å². The number of hydrogen-bond donors (Lipinski definition) is 1. The first-order chi connectivity index (χ1) is 5.04. The molecule has 0 radical (unpaired) electrons. The van der Waals surface area contributed by atoms with Gasteiger partial charge in [-0.25, -0.2) is 0 Å². The van der Waals surface area contributed by atoms with Crippen LogP contribution < -0.4 is 5.73 Å². The zero-order valence-corrected chi connectivity index (χ0v) is 7.22. The molecule has 0 aromatic carbocycles. The normalized spacial score (nSPS) is 11.5. The van der Waals surface area contributed by atoms with Gasteiger partial charge in [0.15, 0.2) is 5.79 Å². The average molecular weight is 161 g/mol. The van der Waals surface area contributed by atoms with Gasteiger partial charge in [0.2, 0.25) is 5.91 Å². The van der Waals surface area contributed by atoms with Crippen LogP contribution in [-0.2, 0) is 14.3 Å². The lowest BCUT2D eigenvalue weighted by molar-refractivity contribution is -0.198. The zero-order valence-electron chi connectivity index (χ0n) is 7.22. The van der Waals surface area contributed by atoms with Crippen molar-refractivity contribution in [3.63, 3.8) is 0 Å². The second-order valence-electron chi connectivity index (χ2n) is 2.51. The van der Waals surface area contributed by atoms with Gasteiger partial charge >= 0.3 is 0 Å². The molecule has 0 atom stereocenters. The van der Waals surface area contributed by atoms with E-state index < -0.39 is 5.79 Å². The van der Waals surface area contributed by atoms with Gasteiger partial charge in [-0.1, -0.05) is 0 Å². The maximum Gasteiger partial charge on any atom is 0.217 e. The van der Waals surface area contributed by atoms with Gasteiger partial charge in [-0.3, -0.25) is 4.79 Å². The predicted molar refractivity (Wildman–Crippen MR) is 40.9 cm³/mol. The fraction of sp³-hybridized carbons (Fsp3) is 0.857. The Balaban J connectivity index is 3.78. The maximum atomic E-state index is 10.4. The highest BCUT2D eigenvalue weighted by Gasteiger charge is 2.22. The minimum atomic E-state index is -0.685. The van der Waals surface area contributed by atoms with Crippen molar-refractivity contribution in [2.45, 2.75) is 25.6 Å². The number of primary amides is 1. The summed E-state index contributed by atoms with van der Waals surface area (Å²) >= 11 is 0. The van der Waals surface area contributed by atoms with Crippen molar-refractivity contribution in [2.75, 3.05) is 14.2 Å². The monoisotopic (exact) mass is 161 g/mol. The van der Waals surface area contributed by atoms with Gasteiger partial charge in [0.1, 0.15) is 0 Å². The second-order valence-corrected chi connectivity index (χ2v) is 2.51. The first kappa shape index (κ1) is 10.4. The largest absolute Gasteiger partial charge is 0.370 e. The second kappa shape index (κ2) is 4.31. The Hall–Kier alpha value is -0.610. The van der Waals surface area contributed by atoms with Crippen molar-refractivity contribution in [1.82, 2.24) is 0 Å². The summed E-state index contributed by atoms with van der Waals surface area (Å²) < 4.78 is 10.0. The summed E-state index contributed by atoms with van der Waals surface area (Å²) in [6.45, 7) is 1.76. The number of ether oxygens (including phenoxy) is 2. The van der Waals surface area contributed by atoms with Crippen LogP contribution in [0.1, 0.15) is 19.8 Å². The summed E-state index contributed by atoms with van der Waals surface area (Å²) in [5.74, 6) is -1.03. The number of methoxy groups -OCH3 is 2. The van der Waals surface area contributed by atoms with Crippen LogP contribution in [0.3, 0.4) is 0 Å². The van der Waals surface area contributed by atoms with Crippen molar-refractivity contribution in [3.05, 3.63) is 0 Å². The van der Waals surface area contributed by atoms with Crippen LogP contribution in [0.4, 0.5) is 0 Å². The standard InChI is InChI=1S/C7H15NO3/c1-7(10-2,11-3)5-4-6(8)9/h4-5H2,1-3H3,(H2,8,9). The van der Waals surface area contributed by atoms with Crippen molar-refractivity contribution in [2.24, 2.45) is 5.73 Å². The van der Waals surface area contributed by atoms with Crippen LogP contribution in [0.25, 0.3) is 0 Å². The fourth-order valence-electron chi connectivity index (χ4n) is 0.638. The third-order valence-electron chi connectivity index (χ3n) is 1.69. The molecule has 0 heterocycles. The van der Waals surface area contributed by atoms with Gasteiger partial charge in [-0.05, 0) is 6.92 Å². The Labute approximate surface area is 66.7 Å². The molecule has 1 amide bonds. The van der Waals surface area contributed by atoms with Gasteiger partial charge in [-0.2, -0.15) is 0 Å². The molecule has 0 rings (SSSR count). The molecule has 66 valence electrons. The van der Waals surface area contributed by atoms with Crippen molar-refractivity contribution < 1.29 is 14.3 Å². The van der Waals surface area contributed by atoms with Gasteiger partial charge in [0.25, 0.3) is 0 Å². The molecule has 0 spiro atoms. The Bertz CT molecular complexity index is 132. The van der Waals surface area contributed by atoms with Crippen LogP contribution in [-0.4, -0.2) is 25.9 Å². The highest BCUT2D eigenvalue weighted by molar-refractivity contribution is 5.73. The molecule has 0 aliphatic carbocycles. The lowest BCUT2D eigenvalue weighted by Gasteiger charge is -2.25. The Morgan fingerprint density at radius 2 is 1.91 bits per heavy atom. The van der Waals surface area contributed by atoms with Crippen molar-refractivity contribution in [3.8, 4) is 0 Å². The van der Waals surface area contributed by atoms with Gasteiger partial charge in [0, 0.05) is 27.1 Å². The quantitative estimate of drug-likeness (QED) is 0.588. The van der Waals surface area contributed by atoms with E-state index in [2.05, 4.69) is 0 Å². The number of carbonyl (C=O) groups excluding carboxylic acids is 1. The first-order valence-corrected chi connectivity index (χ1v) is 3.42. The number of amides is 1. The number of hydrogen-bond acceptors (Lipinski definition) is 3. The summed E-state index contributed by atoms with van der Waals surface area (Å²) in [7, 11) is 3.06. The summed E-state index contributed by atoms with van der Waals surface area (Å²) in [5, 5.41) is 0. The predicted octanol–water partition coefficient (Wildman–Crippen LogP) is 0.261. The van der Waals surface area contributed by atoms with Gasteiger partial charge in [-0.15, -0.1) is 0 Å². The Kier molecular flexibility index (Phi) is 4.07. The van der Waals surface area contributed by atoms with E-state index in [1.807, 2.05) is 0 Å². The van der Waals surface area contributed by atoms with E-state index >= 15 is 0 Å². The molecular weight excluding hydrogens is 146 g/mol. The molecule has 0 saturated heterocycles. The molecule has 0 aromatic heterocycles. The summed E-state index contributed by atoms with van der Waals surface area (Å²) in [4.78, 5) is 10.4. The molecule has 0 aromatic rings. The smallest absolute Gasteiger partial charge is 0.217 e. The SMILES string of the molecule is COC(C)(CCC(N)=O)OC. The zero-order chi connectivity index (χ0) is 8.91. The molecule has 11 heavy (non-hydrogen) atoms. The van der Waals surface area contributed by atoms with E-state index in [1.54, 1.807) is 6.92 Å². The maximum absolute atomic E-state index is 10.4. The molecule has 0 aliphatic heterocycles. The first-order valence-electron chi connectivity index (χ1n) is 3.42. The van der Waals surface area contributed by atoms with Gasteiger partial charge in [0.05, 0.1) is 0 Å². The van der Waals surface area contributed by atoms with E-state index in [1.165, 1.54) is 14.2 Å². The van der Waals surface area contributed by atoms with Crippen LogP contribution in [0.15, 0.2) is 0 Å². The lowest BCUT2D eigenvalue weighted by Crippen LogP contribution is -2.31. The van der Waals surface area contributed by atoms with Crippen LogP contribution in [0, 0.1) is 0 Å². The summed E-state index contributed by atoms with van der Waals surface area (Å²) in [6.07, 6.45) is 0.757. The third kappa shape index (κ3) is 3.95. The number of carbonyl (C=O) groups is 1. The molecule has 0 fully saturated rings. The van der Waals surface area contributed by atoms with E-state index in [9.17, 15) is 4.79 Å². The van der Waals surface area contributed by atoms with Crippen LogP contribution >= 0.6 is 0 Å².